The molecule has 5 nitrogen and oxygen atoms in total. The highest BCUT2D eigenvalue weighted by Crippen LogP contribution is 2.35. The number of nitriles is 1. The Hall–Kier alpha value is -1.96. The first-order valence-corrected chi connectivity index (χ1v) is 3.42. The van der Waals surface area contributed by atoms with Crippen molar-refractivity contribution in [3.63, 3.8) is 0 Å². The van der Waals surface area contributed by atoms with Crippen LogP contribution in [-0.2, 0) is 0 Å². The number of hydrogen-bond acceptors (Lipinski definition) is 5. The molecule has 1 aliphatic rings. The second-order valence-electron chi connectivity index (χ2n) is 2.38. The molecule has 2 heterocycles. The van der Waals surface area contributed by atoms with Crippen LogP contribution in [0, 0.1) is 11.3 Å². The first-order valence-electron chi connectivity index (χ1n) is 3.42. The smallest absolute Gasteiger partial charge is 0.166 e. The molecule has 0 radical (unpaired) electrons. The summed E-state index contributed by atoms with van der Waals surface area (Å²) in [5.41, 5.74) is 1.44. The molecule has 1 aromatic rings. The summed E-state index contributed by atoms with van der Waals surface area (Å²) in [5, 5.41) is 23.7. The van der Waals surface area contributed by atoms with Crippen molar-refractivity contribution in [3.05, 3.63) is 11.9 Å². The molecule has 12 heavy (non-hydrogen) atoms. The summed E-state index contributed by atoms with van der Waals surface area (Å²) in [6.07, 6.45) is 1.26. The molecule has 1 aromatic heterocycles. The van der Waals surface area contributed by atoms with Gasteiger partial charge in [0.1, 0.15) is 11.8 Å². The van der Waals surface area contributed by atoms with Crippen molar-refractivity contribution in [2.45, 2.75) is 0 Å². The average molecular weight is 162 g/mol. The van der Waals surface area contributed by atoms with E-state index < -0.39 is 0 Å². The van der Waals surface area contributed by atoms with Crippen molar-refractivity contribution in [2.75, 3.05) is 17.3 Å². The summed E-state index contributed by atoms with van der Waals surface area (Å²) >= 11 is 0. The Labute approximate surface area is 68.7 Å². The van der Waals surface area contributed by atoms with Crippen LogP contribution < -0.4 is 10.6 Å². The number of aromatic hydroxyl groups is 1. The number of aromatic nitrogens is 1. The van der Waals surface area contributed by atoms with Gasteiger partial charge in [0.25, 0.3) is 0 Å². The van der Waals surface area contributed by atoms with Gasteiger partial charge in [0.2, 0.25) is 0 Å². The Kier molecular flexibility index (Phi) is 1.27. The molecule has 0 amide bonds. The van der Waals surface area contributed by atoms with Gasteiger partial charge in [0.15, 0.2) is 11.4 Å². The van der Waals surface area contributed by atoms with Gasteiger partial charge in [-0.15, -0.1) is 0 Å². The van der Waals surface area contributed by atoms with Gasteiger partial charge in [0.05, 0.1) is 18.6 Å². The molecule has 0 aliphatic carbocycles. The van der Waals surface area contributed by atoms with Gasteiger partial charge in [-0.2, -0.15) is 5.26 Å². The molecule has 0 saturated carbocycles. The van der Waals surface area contributed by atoms with E-state index in [0.717, 1.165) is 0 Å². The monoisotopic (exact) mass is 162 g/mol. The van der Waals surface area contributed by atoms with Crippen molar-refractivity contribution in [1.82, 2.24) is 4.98 Å². The van der Waals surface area contributed by atoms with E-state index in [1.807, 2.05) is 6.07 Å². The van der Waals surface area contributed by atoms with Crippen LogP contribution in [-0.4, -0.2) is 16.8 Å². The second kappa shape index (κ2) is 2.27. The Balaban J connectivity index is 2.66. The minimum absolute atomic E-state index is 0.0639. The van der Waals surface area contributed by atoms with Crippen LogP contribution in [0.2, 0.25) is 0 Å². The highest BCUT2D eigenvalue weighted by molar-refractivity contribution is 5.81. The van der Waals surface area contributed by atoms with Crippen LogP contribution in [0.4, 0.5) is 11.4 Å². The zero-order valence-electron chi connectivity index (χ0n) is 6.13. The number of nitrogens with zero attached hydrogens (tertiary/aromatic N) is 2. The van der Waals surface area contributed by atoms with Gasteiger partial charge >= 0.3 is 0 Å². The number of pyridine rings is 1. The van der Waals surface area contributed by atoms with E-state index in [1.54, 1.807) is 0 Å². The third-order valence-corrected chi connectivity index (χ3v) is 1.70. The summed E-state index contributed by atoms with van der Waals surface area (Å²) in [7, 11) is 0. The van der Waals surface area contributed by atoms with E-state index >= 15 is 0 Å². The van der Waals surface area contributed by atoms with E-state index in [2.05, 4.69) is 15.6 Å². The van der Waals surface area contributed by atoms with Crippen LogP contribution in [0.5, 0.6) is 5.75 Å². The zero-order valence-corrected chi connectivity index (χ0v) is 6.13. The largest absolute Gasteiger partial charge is 0.504 e. The van der Waals surface area contributed by atoms with Gasteiger partial charge in [-0.1, -0.05) is 0 Å². The molecule has 3 N–H and O–H groups in total. The molecule has 0 atom stereocenters. The highest BCUT2D eigenvalue weighted by Gasteiger charge is 2.18. The number of rotatable bonds is 0. The molecule has 0 unspecified atom stereocenters. The topological polar surface area (TPSA) is 81.0 Å². The lowest BCUT2D eigenvalue weighted by Gasteiger charge is -2.01. The predicted octanol–water partition coefficient (Wildman–Crippen LogP) is 0.454. The maximum Gasteiger partial charge on any atom is 0.166 e. The Morgan fingerprint density at radius 3 is 3.00 bits per heavy atom. The van der Waals surface area contributed by atoms with Crippen molar-refractivity contribution in [3.8, 4) is 11.8 Å². The van der Waals surface area contributed by atoms with Gasteiger partial charge in [-0.05, 0) is 0 Å². The molecular weight excluding hydrogens is 156 g/mol. The third kappa shape index (κ3) is 0.751. The van der Waals surface area contributed by atoms with Gasteiger partial charge < -0.3 is 15.7 Å². The quantitative estimate of drug-likeness (QED) is 0.516. The second-order valence-corrected chi connectivity index (χ2v) is 2.38. The summed E-state index contributed by atoms with van der Waals surface area (Å²) < 4.78 is 0. The first kappa shape index (κ1) is 6.73. The van der Waals surface area contributed by atoms with Crippen molar-refractivity contribution in [2.24, 2.45) is 0 Å². The van der Waals surface area contributed by atoms with Crippen molar-refractivity contribution < 1.29 is 5.11 Å². The maximum absolute atomic E-state index is 9.28. The zero-order chi connectivity index (χ0) is 8.55. The standard InChI is InChI=1S/C7H6N4O/c8-1-4-6-7(11-3-10-6)5(12)2-9-4/h2,10-12H,3H2. The summed E-state index contributed by atoms with van der Waals surface area (Å²) in [6, 6.07) is 1.93. The molecule has 0 fully saturated rings. The minimum Gasteiger partial charge on any atom is -0.504 e. The molecule has 0 aromatic carbocycles. The van der Waals surface area contributed by atoms with E-state index in [0.29, 0.717) is 23.7 Å². The average Bonchev–Trinajstić information content (AvgIpc) is 2.54. The molecule has 0 saturated heterocycles. The van der Waals surface area contributed by atoms with E-state index in [9.17, 15) is 5.11 Å². The van der Waals surface area contributed by atoms with Crippen molar-refractivity contribution >= 4 is 11.4 Å². The number of anilines is 2. The lowest BCUT2D eigenvalue weighted by molar-refractivity contribution is 0.475. The van der Waals surface area contributed by atoms with Crippen LogP contribution >= 0.6 is 0 Å². The number of fused-ring (bicyclic) bond motifs is 1. The summed E-state index contributed by atoms with van der Waals surface area (Å²) in [4.78, 5) is 3.75. The Morgan fingerprint density at radius 2 is 2.25 bits per heavy atom. The fraction of sp³-hybridized carbons (Fsp3) is 0.143. The van der Waals surface area contributed by atoms with E-state index in [4.69, 9.17) is 5.26 Å². The molecular formula is C7H6N4O. The van der Waals surface area contributed by atoms with Crippen molar-refractivity contribution in [1.29, 1.82) is 5.26 Å². The molecule has 2 rings (SSSR count). The summed E-state index contributed by atoms with van der Waals surface area (Å²) in [5.74, 6) is 0.0639. The minimum atomic E-state index is 0.0639. The number of hydrogen-bond donors (Lipinski definition) is 3. The molecule has 5 heteroatoms. The van der Waals surface area contributed by atoms with Gasteiger partial charge in [-0.25, -0.2) is 4.98 Å². The Bertz CT molecular complexity index is 368. The van der Waals surface area contributed by atoms with E-state index in [1.165, 1.54) is 6.20 Å². The third-order valence-electron chi connectivity index (χ3n) is 1.70. The van der Waals surface area contributed by atoms with Crippen LogP contribution in [0.1, 0.15) is 5.69 Å². The predicted molar refractivity (Wildman–Crippen MR) is 42.7 cm³/mol. The molecule has 1 aliphatic heterocycles. The molecule has 60 valence electrons. The molecule has 0 bridgehead atoms. The van der Waals surface area contributed by atoms with Gasteiger partial charge in [0, 0.05) is 0 Å². The SMILES string of the molecule is N#Cc1ncc(O)c2c1NCN2. The lowest BCUT2D eigenvalue weighted by Crippen LogP contribution is -1.99. The fourth-order valence-electron chi connectivity index (χ4n) is 1.16. The number of nitrogens with one attached hydrogen (secondary N) is 2. The van der Waals surface area contributed by atoms with Crippen LogP contribution in [0.25, 0.3) is 0 Å². The van der Waals surface area contributed by atoms with Crippen LogP contribution in [0.15, 0.2) is 6.20 Å². The highest BCUT2D eigenvalue weighted by atomic mass is 16.3. The molecule has 0 spiro atoms. The normalized spacial score (nSPS) is 12.6. The first-order chi connectivity index (χ1) is 5.83. The Morgan fingerprint density at radius 1 is 1.50 bits per heavy atom. The van der Waals surface area contributed by atoms with E-state index in [-0.39, 0.29) is 5.75 Å². The summed E-state index contributed by atoms with van der Waals surface area (Å²) in [6.45, 7) is 0.517. The van der Waals surface area contributed by atoms with Crippen LogP contribution in [0.3, 0.4) is 0 Å². The fourth-order valence-corrected chi connectivity index (χ4v) is 1.16. The lowest BCUT2D eigenvalue weighted by atomic mass is 10.2. The maximum atomic E-state index is 9.28. The van der Waals surface area contributed by atoms with Gasteiger partial charge in [-0.3, -0.25) is 0 Å².